The normalized spacial score (nSPS) is 10.5. The summed E-state index contributed by atoms with van der Waals surface area (Å²) in [5.41, 5.74) is 2.79. The minimum Gasteiger partial charge on any atom is -0.481 e. The van der Waals surface area contributed by atoms with Crippen molar-refractivity contribution in [2.45, 2.75) is 0 Å². The average molecular weight is 237 g/mol. The van der Waals surface area contributed by atoms with Crippen LogP contribution in [0.4, 0.5) is 0 Å². The zero-order valence-corrected chi connectivity index (χ0v) is 9.87. The fraction of sp³-hybridized carbons (Fsp3) is 0.0714. The lowest BCUT2D eigenvalue weighted by Gasteiger charge is -2.04. The molecular formula is C14H11N3O. The SMILES string of the molecule is COc1ccc2cc(-c3cnccn3)ccc2n1. The van der Waals surface area contributed by atoms with E-state index >= 15 is 0 Å². The van der Waals surface area contributed by atoms with Crippen LogP contribution < -0.4 is 4.74 Å². The molecule has 3 rings (SSSR count). The first-order valence-electron chi connectivity index (χ1n) is 5.58. The largest absolute Gasteiger partial charge is 0.481 e. The van der Waals surface area contributed by atoms with Crippen molar-refractivity contribution in [3.8, 4) is 17.1 Å². The molecule has 3 aromatic rings. The van der Waals surface area contributed by atoms with E-state index in [1.807, 2.05) is 30.3 Å². The number of rotatable bonds is 2. The summed E-state index contributed by atoms with van der Waals surface area (Å²) in [6.45, 7) is 0. The first-order valence-corrected chi connectivity index (χ1v) is 5.58. The van der Waals surface area contributed by atoms with Gasteiger partial charge in [-0.05, 0) is 18.2 Å². The molecule has 0 saturated carbocycles. The van der Waals surface area contributed by atoms with E-state index in [4.69, 9.17) is 4.74 Å². The molecule has 0 fully saturated rings. The number of fused-ring (bicyclic) bond motifs is 1. The molecule has 0 aliphatic rings. The average Bonchev–Trinajstić information content (AvgIpc) is 2.47. The van der Waals surface area contributed by atoms with Crippen molar-refractivity contribution in [3.63, 3.8) is 0 Å². The molecule has 0 unspecified atom stereocenters. The zero-order valence-electron chi connectivity index (χ0n) is 9.87. The summed E-state index contributed by atoms with van der Waals surface area (Å²) in [6.07, 6.45) is 5.10. The Kier molecular flexibility index (Phi) is 2.61. The minimum absolute atomic E-state index is 0.620. The highest BCUT2D eigenvalue weighted by atomic mass is 16.5. The predicted octanol–water partition coefficient (Wildman–Crippen LogP) is 2.70. The van der Waals surface area contributed by atoms with E-state index in [1.165, 1.54) is 0 Å². The van der Waals surface area contributed by atoms with Gasteiger partial charge in [0, 0.05) is 29.4 Å². The second kappa shape index (κ2) is 4.41. The molecule has 0 amide bonds. The van der Waals surface area contributed by atoms with E-state index < -0.39 is 0 Å². The zero-order chi connectivity index (χ0) is 12.4. The van der Waals surface area contributed by atoms with Crippen LogP contribution in [0.25, 0.3) is 22.2 Å². The number of ether oxygens (including phenoxy) is 1. The van der Waals surface area contributed by atoms with Gasteiger partial charge in [-0.1, -0.05) is 6.07 Å². The van der Waals surface area contributed by atoms with Gasteiger partial charge in [0.15, 0.2) is 0 Å². The number of pyridine rings is 1. The van der Waals surface area contributed by atoms with Crippen LogP contribution in [0.1, 0.15) is 0 Å². The third-order valence-electron chi connectivity index (χ3n) is 2.73. The van der Waals surface area contributed by atoms with E-state index in [0.717, 1.165) is 22.2 Å². The summed E-state index contributed by atoms with van der Waals surface area (Å²) in [4.78, 5) is 12.7. The standard InChI is InChI=1S/C14H11N3O/c1-18-14-5-3-10-8-11(2-4-12(10)17-14)13-9-15-6-7-16-13/h2-9H,1H3. The van der Waals surface area contributed by atoms with Gasteiger partial charge in [0.1, 0.15) is 0 Å². The smallest absolute Gasteiger partial charge is 0.213 e. The first kappa shape index (κ1) is 10.7. The van der Waals surface area contributed by atoms with Crippen LogP contribution in [0.2, 0.25) is 0 Å². The van der Waals surface area contributed by atoms with E-state index in [9.17, 15) is 0 Å². The van der Waals surface area contributed by atoms with Gasteiger partial charge < -0.3 is 4.74 Å². The summed E-state index contributed by atoms with van der Waals surface area (Å²) >= 11 is 0. The maximum atomic E-state index is 5.10. The second-order valence-electron chi connectivity index (χ2n) is 3.85. The van der Waals surface area contributed by atoms with Crippen molar-refractivity contribution in [3.05, 3.63) is 48.9 Å². The molecule has 88 valence electrons. The molecular weight excluding hydrogens is 226 g/mol. The van der Waals surface area contributed by atoms with Crippen molar-refractivity contribution < 1.29 is 4.74 Å². The Morgan fingerprint density at radius 1 is 1.06 bits per heavy atom. The van der Waals surface area contributed by atoms with Gasteiger partial charge in [-0.3, -0.25) is 9.97 Å². The van der Waals surface area contributed by atoms with Crippen LogP contribution in [0.3, 0.4) is 0 Å². The summed E-state index contributed by atoms with van der Waals surface area (Å²) < 4.78 is 5.10. The maximum Gasteiger partial charge on any atom is 0.213 e. The molecule has 0 radical (unpaired) electrons. The highest BCUT2D eigenvalue weighted by Gasteiger charge is 2.02. The van der Waals surface area contributed by atoms with Crippen molar-refractivity contribution in [2.75, 3.05) is 7.11 Å². The molecule has 0 saturated heterocycles. The molecule has 0 atom stereocenters. The first-order chi connectivity index (χ1) is 8.86. The lowest BCUT2D eigenvalue weighted by Crippen LogP contribution is -1.89. The monoisotopic (exact) mass is 237 g/mol. The number of aromatic nitrogens is 3. The quantitative estimate of drug-likeness (QED) is 0.687. The van der Waals surface area contributed by atoms with Gasteiger partial charge in [0.25, 0.3) is 0 Å². The molecule has 0 N–H and O–H groups in total. The Labute approximate surface area is 104 Å². The maximum absolute atomic E-state index is 5.10. The van der Waals surface area contributed by atoms with Crippen molar-refractivity contribution in [2.24, 2.45) is 0 Å². The highest BCUT2D eigenvalue weighted by molar-refractivity contribution is 5.84. The Hall–Kier alpha value is -2.49. The lowest BCUT2D eigenvalue weighted by atomic mass is 10.1. The third kappa shape index (κ3) is 1.88. The van der Waals surface area contributed by atoms with Crippen LogP contribution in [0.5, 0.6) is 5.88 Å². The molecule has 4 heteroatoms. The van der Waals surface area contributed by atoms with Crippen LogP contribution in [0, 0.1) is 0 Å². The van der Waals surface area contributed by atoms with E-state index in [1.54, 1.807) is 25.7 Å². The topological polar surface area (TPSA) is 47.9 Å². The van der Waals surface area contributed by atoms with Gasteiger partial charge in [0.2, 0.25) is 5.88 Å². The Balaban J connectivity index is 2.12. The molecule has 2 aromatic heterocycles. The molecule has 2 heterocycles. The fourth-order valence-corrected chi connectivity index (χ4v) is 1.83. The Morgan fingerprint density at radius 3 is 2.78 bits per heavy atom. The molecule has 4 nitrogen and oxygen atoms in total. The van der Waals surface area contributed by atoms with Crippen LogP contribution in [-0.2, 0) is 0 Å². The summed E-state index contributed by atoms with van der Waals surface area (Å²) in [5, 5.41) is 1.05. The second-order valence-corrected chi connectivity index (χ2v) is 3.85. The summed E-state index contributed by atoms with van der Waals surface area (Å²) in [7, 11) is 1.61. The van der Waals surface area contributed by atoms with Crippen LogP contribution in [-0.4, -0.2) is 22.1 Å². The van der Waals surface area contributed by atoms with E-state index in [0.29, 0.717) is 5.88 Å². The van der Waals surface area contributed by atoms with Gasteiger partial charge in [-0.2, -0.15) is 0 Å². The Morgan fingerprint density at radius 2 is 2.00 bits per heavy atom. The molecule has 0 aliphatic heterocycles. The van der Waals surface area contributed by atoms with Crippen LogP contribution >= 0.6 is 0 Å². The summed E-state index contributed by atoms with van der Waals surface area (Å²) in [5.74, 6) is 0.620. The number of hydrogen-bond acceptors (Lipinski definition) is 4. The fourth-order valence-electron chi connectivity index (χ4n) is 1.83. The number of methoxy groups -OCH3 is 1. The third-order valence-corrected chi connectivity index (χ3v) is 2.73. The molecule has 1 aromatic carbocycles. The van der Waals surface area contributed by atoms with Crippen molar-refractivity contribution >= 4 is 10.9 Å². The van der Waals surface area contributed by atoms with Gasteiger partial charge in [-0.25, -0.2) is 4.98 Å². The molecule has 18 heavy (non-hydrogen) atoms. The molecule has 0 bridgehead atoms. The highest BCUT2D eigenvalue weighted by Crippen LogP contribution is 2.23. The number of benzene rings is 1. The predicted molar refractivity (Wildman–Crippen MR) is 69.3 cm³/mol. The minimum atomic E-state index is 0.620. The number of nitrogens with zero attached hydrogens (tertiary/aromatic N) is 3. The van der Waals surface area contributed by atoms with E-state index in [-0.39, 0.29) is 0 Å². The van der Waals surface area contributed by atoms with Gasteiger partial charge in [-0.15, -0.1) is 0 Å². The number of hydrogen-bond donors (Lipinski definition) is 0. The Bertz CT molecular complexity index is 683. The lowest BCUT2D eigenvalue weighted by molar-refractivity contribution is 0.399. The van der Waals surface area contributed by atoms with E-state index in [2.05, 4.69) is 15.0 Å². The van der Waals surface area contributed by atoms with Gasteiger partial charge >= 0.3 is 0 Å². The molecule has 0 aliphatic carbocycles. The summed E-state index contributed by atoms with van der Waals surface area (Å²) in [6, 6.07) is 9.83. The molecule has 0 spiro atoms. The van der Waals surface area contributed by atoms with Crippen molar-refractivity contribution in [1.29, 1.82) is 0 Å². The van der Waals surface area contributed by atoms with Gasteiger partial charge in [0.05, 0.1) is 24.5 Å². The van der Waals surface area contributed by atoms with Crippen molar-refractivity contribution in [1.82, 2.24) is 15.0 Å². The van der Waals surface area contributed by atoms with Crippen LogP contribution in [0.15, 0.2) is 48.9 Å².